The van der Waals surface area contributed by atoms with Crippen LogP contribution < -0.4 is 10.6 Å². The first kappa shape index (κ1) is 19.3. The molecule has 8 heteroatoms. The van der Waals surface area contributed by atoms with Crippen molar-refractivity contribution in [2.75, 3.05) is 7.05 Å². The average Bonchev–Trinajstić information content (AvgIpc) is 3.08. The first-order valence-electron chi connectivity index (χ1n) is 6.90. The molecule has 0 saturated carbocycles. The van der Waals surface area contributed by atoms with Crippen LogP contribution in [-0.2, 0) is 13.1 Å². The molecule has 0 aliphatic heterocycles. The van der Waals surface area contributed by atoms with E-state index >= 15 is 0 Å². The Morgan fingerprint density at radius 3 is 2.55 bits per heavy atom. The fraction of sp³-hybridized carbons (Fsp3) is 0.500. The second-order valence-electron chi connectivity index (χ2n) is 4.99. The lowest BCUT2D eigenvalue weighted by atomic mass is 10.2. The van der Waals surface area contributed by atoms with Crippen LogP contribution in [0.25, 0.3) is 0 Å². The topological polar surface area (TPSA) is 62.2 Å². The Kier molecular flexibility index (Phi) is 8.26. The molecule has 2 N–H and O–H groups in total. The van der Waals surface area contributed by atoms with Gasteiger partial charge in [0.25, 0.3) is 0 Å². The van der Waals surface area contributed by atoms with Gasteiger partial charge in [-0.05, 0) is 23.9 Å². The fourth-order valence-electron chi connectivity index (χ4n) is 1.70. The second kappa shape index (κ2) is 9.41. The number of nitrogens with one attached hydrogen (secondary N) is 2. The molecule has 0 saturated heterocycles. The zero-order valence-electron chi connectivity index (χ0n) is 13.2. The Bertz CT molecular complexity index is 606. The van der Waals surface area contributed by atoms with Crippen LogP contribution >= 0.6 is 46.7 Å². The molecular formula is C14H22IN5S2. The van der Waals surface area contributed by atoms with Crippen LogP contribution in [0.2, 0.25) is 0 Å². The summed E-state index contributed by atoms with van der Waals surface area (Å²) in [6.45, 7) is 7.81. The smallest absolute Gasteiger partial charge is 0.191 e. The van der Waals surface area contributed by atoms with E-state index in [0.717, 1.165) is 22.5 Å². The zero-order chi connectivity index (χ0) is 15.2. The summed E-state index contributed by atoms with van der Waals surface area (Å²) < 4.78 is 0. The molecule has 0 bridgehead atoms. The molecule has 0 fully saturated rings. The van der Waals surface area contributed by atoms with Crippen molar-refractivity contribution in [3.63, 3.8) is 0 Å². The summed E-state index contributed by atoms with van der Waals surface area (Å²) in [7, 11) is 1.77. The molecule has 22 heavy (non-hydrogen) atoms. The molecule has 0 unspecified atom stereocenters. The normalized spacial score (nSPS) is 11.4. The zero-order valence-corrected chi connectivity index (χ0v) is 17.2. The van der Waals surface area contributed by atoms with Crippen molar-refractivity contribution < 1.29 is 0 Å². The Morgan fingerprint density at radius 2 is 2.00 bits per heavy atom. The fourth-order valence-corrected chi connectivity index (χ4v) is 3.33. The number of thiophene rings is 1. The molecule has 0 radical (unpaired) electrons. The average molecular weight is 451 g/mol. The molecule has 2 aromatic heterocycles. The van der Waals surface area contributed by atoms with Crippen LogP contribution in [-0.4, -0.2) is 23.2 Å². The third-order valence-electron chi connectivity index (χ3n) is 2.99. The summed E-state index contributed by atoms with van der Waals surface area (Å²) in [5.41, 5.74) is 1.31. The Morgan fingerprint density at radius 1 is 1.27 bits per heavy atom. The lowest BCUT2D eigenvalue weighted by molar-refractivity contribution is 0.786. The minimum atomic E-state index is 0. The third-order valence-corrected chi connectivity index (χ3v) is 5.24. The highest BCUT2D eigenvalue weighted by molar-refractivity contribution is 14.0. The van der Waals surface area contributed by atoms with Crippen molar-refractivity contribution in [2.24, 2.45) is 4.99 Å². The van der Waals surface area contributed by atoms with Gasteiger partial charge in [-0.3, -0.25) is 4.99 Å². The molecule has 2 rings (SSSR count). The van der Waals surface area contributed by atoms with Crippen molar-refractivity contribution in [2.45, 2.75) is 39.8 Å². The molecule has 0 aliphatic rings. The largest absolute Gasteiger partial charge is 0.352 e. The van der Waals surface area contributed by atoms with Gasteiger partial charge >= 0.3 is 0 Å². The van der Waals surface area contributed by atoms with Crippen LogP contribution in [0.3, 0.4) is 0 Å². The van der Waals surface area contributed by atoms with Gasteiger partial charge in [0, 0.05) is 17.8 Å². The highest BCUT2D eigenvalue weighted by Gasteiger charge is 2.08. The van der Waals surface area contributed by atoms with Crippen LogP contribution in [0.1, 0.15) is 40.2 Å². The van der Waals surface area contributed by atoms with E-state index in [1.807, 2.05) is 0 Å². The molecule has 0 atom stereocenters. The highest BCUT2D eigenvalue weighted by atomic mass is 127. The number of hydrogen-bond donors (Lipinski definition) is 2. The number of aryl methyl sites for hydroxylation is 1. The summed E-state index contributed by atoms with van der Waals surface area (Å²) in [5, 5.41) is 19.1. The summed E-state index contributed by atoms with van der Waals surface area (Å²) >= 11 is 3.40. The van der Waals surface area contributed by atoms with Gasteiger partial charge in [-0.2, -0.15) is 0 Å². The van der Waals surface area contributed by atoms with E-state index in [4.69, 9.17) is 0 Å². The van der Waals surface area contributed by atoms with Crippen LogP contribution in [0.5, 0.6) is 0 Å². The van der Waals surface area contributed by atoms with Gasteiger partial charge in [-0.25, -0.2) is 0 Å². The van der Waals surface area contributed by atoms with Gasteiger partial charge in [0.15, 0.2) is 5.96 Å². The summed E-state index contributed by atoms with van der Waals surface area (Å²) in [6.07, 6.45) is 0. The Hall–Kier alpha value is -0.740. The minimum absolute atomic E-state index is 0. The molecule has 0 aliphatic carbocycles. The predicted molar refractivity (Wildman–Crippen MR) is 106 cm³/mol. The van der Waals surface area contributed by atoms with E-state index in [9.17, 15) is 0 Å². The first-order chi connectivity index (χ1) is 10.1. The Labute approximate surface area is 156 Å². The Balaban J connectivity index is 0.00000242. The monoisotopic (exact) mass is 451 g/mol. The maximum atomic E-state index is 4.23. The quantitative estimate of drug-likeness (QED) is 0.415. The van der Waals surface area contributed by atoms with Gasteiger partial charge < -0.3 is 10.6 Å². The van der Waals surface area contributed by atoms with Gasteiger partial charge in [0.2, 0.25) is 0 Å². The molecule has 0 aromatic carbocycles. The number of aromatic nitrogens is 2. The molecule has 2 aromatic rings. The number of nitrogens with zero attached hydrogens (tertiary/aromatic N) is 3. The van der Waals surface area contributed by atoms with E-state index in [0.29, 0.717) is 12.5 Å². The van der Waals surface area contributed by atoms with Gasteiger partial charge in [-0.1, -0.05) is 25.2 Å². The van der Waals surface area contributed by atoms with E-state index in [1.54, 1.807) is 29.7 Å². The molecule has 0 amide bonds. The van der Waals surface area contributed by atoms with Crippen molar-refractivity contribution in [1.29, 1.82) is 0 Å². The summed E-state index contributed by atoms with van der Waals surface area (Å²) in [6, 6.07) is 2.13. The second-order valence-corrected chi connectivity index (χ2v) is 7.09. The predicted octanol–water partition coefficient (Wildman–Crippen LogP) is 3.51. The van der Waals surface area contributed by atoms with E-state index in [2.05, 4.69) is 58.0 Å². The van der Waals surface area contributed by atoms with E-state index in [1.165, 1.54) is 10.4 Å². The summed E-state index contributed by atoms with van der Waals surface area (Å²) in [4.78, 5) is 5.56. The number of aliphatic imine (C=N–C) groups is 1. The van der Waals surface area contributed by atoms with Crippen molar-refractivity contribution in [3.8, 4) is 0 Å². The first-order valence-corrected chi connectivity index (χ1v) is 8.59. The minimum Gasteiger partial charge on any atom is -0.352 e. The van der Waals surface area contributed by atoms with Crippen molar-refractivity contribution in [3.05, 3.63) is 31.9 Å². The van der Waals surface area contributed by atoms with Crippen molar-refractivity contribution >= 4 is 52.6 Å². The molecule has 2 heterocycles. The lowest BCUT2D eigenvalue weighted by Crippen LogP contribution is -2.36. The maximum Gasteiger partial charge on any atom is 0.191 e. The standard InChI is InChI=1S/C14H21N5S2.HI/c1-9(2)13-19-18-12(21-13)8-17-14(15-4)16-7-11-10(3)5-6-20-11;/h5-6,9H,7-8H2,1-4H3,(H2,15,16,17);1H. The number of halogens is 1. The van der Waals surface area contributed by atoms with Gasteiger partial charge in [0.1, 0.15) is 10.0 Å². The SMILES string of the molecule is CN=C(NCc1nnc(C(C)C)s1)NCc1sccc1C.I. The highest BCUT2D eigenvalue weighted by Crippen LogP contribution is 2.18. The van der Waals surface area contributed by atoms with Crippen molar-refractivity contribution in [1.82, 2.24) is 20.8 Å². The lowest BCUT2D eigenvalue weighted by Gasteiger charge is -2.10. The molecule has 122 valence electrons. The third kappa shape index (κ3) is 5.47. The van der Waals surface area contributed by atoms with Crippen LogP contribution in [0.4, 0.5) is 0 Å². The van der Waals surface area contributed by atoms with E-state index in [-0.39, 0.29) is 24.0 Å². The van der Waals surface area contributed by atoms with Crippen LogP contribution in [0, 0.1) is 6.92 Å². The number of guanidine groups is 1. The maximum absolute atomic E-state index is 4.23. The summed E-state index contributed by atoms with van der Waals surface area (Å²) in [5.74, 6) is 1.21. The number of rotatable bonds is 5. The van der Waals surface area contributed by atoms with E-state index < -0.39 is 0 Å². The van der Waals surface area contributed by atoms with Crippen LogP contribution in [0.15, 0.2) is 16.4 Å². The molecule has 5 nitrogen and oxygen atoms in total. The van der Waals surface area contributed by atoms with Gasteiger partial charge in [-0.15, -0.1) is 45.5 Å². The molecule has 0 spiro atoms. The number of hydrogen-bond acceptors (Lipinski definition) is 5. The van der Waals surface area contributed by atoms with Gasteiger partial charge in [0.05, 0.1) is 13.1 Å². The molecular weight excluding hydrogens is 429 g/mol.